The molecule has 5 heteroatoms. The molecule has 1 aromatic rings. The summed E-state index contributed by atoms with van der Waals surface area (Å²) in [5.74, 6) is 0.935. The van der Waals surface area contributed by atoms with Gasteiger partial charge in [0.25, 0.3) is 0 Å². The maximum Gasteiger partial charge on any atom is 0.343 e. The van der Waals surface area contributed by atoms with Gasteiger partial charge in [-0.2, -0.15) is 0 Å². The van der Waals surface area contributed by atoms with Gasteiger partial charge in [-0.3, -0.25) is 11.5 Å². The number of guanidine groups is 1. The van der Waals surface area contributed by atoms with Crippen LogP contribution in [-0.2, 0) is 0 Å². The lowest BCUT2D eigenvalue weighted by Gasteiger charge is -1.98. The van der Waals surface area contributed by atoms with Gasteiger partial charge in [-0.15, -0.1) is 0 Å². The van der Waals surface area contributed by atoms with Crippen molar-refractivity contribution in [1.82, 2.24) is 0 Å². The highest BCUT2D eigenvalue weighted by Crippen LogP contribution is 2.11. The van der Waals surface area contributed by atoms with Crippen LogP contribution in [0.3, 0.4) is 0 Å². The fraction of sp³-hybridized carbons (Fsp3) is 0.125. The summed E-state index contributed by atoms with van der Waals surface area (Å²) >= 11 is 0. The lowest BCUT2D eigenvalue weighted by Crippen LogP contribution is -3.00. The predicted molar refractivity (Wildman–Crippen MR) is 47.0 cm³/mol. The molecule has 0 saturated carbocycles. The first kappa shape index (κ1) is 11.6. The molecule has 0 bridgehead atoms. The zero-order valence-electron chi connectivity index (χ0n) is 7.25. The number of halogens is 1. The van der Waals surface area contributed by atoms with Crippen molar-refractivity contribution < 1.29 is 22.1 Å². The second kappa shape index (κ2) is 5.27. The van der Waals surface area contributed by atoms with Crippen LogP contribution in [0.15, 0.2) is 24.3 Å². The van der Waals surface area contributed by atoms with Gasteiger partial charge in [-0.25, -0.2) is 4.99 Å². The Morgan fingerprint density at radius 3 is 2.62 bits per heavy atom. The molecule has 0 aromatic heterocycles. The highest BCUT2D eigenvalue weighted by atomic mass is 35.5. The van der Waals surface area contributed by atoms with Gasteiger partial charge in [0.05, 0.1) is 7.11 Å². The maximum atomic E-state index is 5.26. The third-order valence-corrected chi connectivity index (χ3v) is 1.36. The molecule has 4 nitrogen and oxygen atoms in total. The molecule has 0 atom stereocenters. The van der Waals surface area contributed by atoms with Crippen LogP contribution in [0.1, 0.15) is 0 Å². The minimum absolute atomic E-state index is 0. The Kier molecular flexibility index (Phi) is 4.69. The van der Waals surface area contributed by atoms with Gasteiger partial charge in [-0.1, -0.05) is 6.07 Å². The summed E-state index contributed by atoms with van der Waals surface area (Å²) in [5, 5.41) is 0. The quantitative estimate of drug-likeness (QED) is 0.335. The maximum absolute atomic E-state index is 5.26. The fourth-order valence-corrected chi connectivity index (χ4v) is 0.867. The summed E-state index contributed by atoms with van der Waals surface area (Å²) in [6, 6.07) is 7.35. The van der Waals surface area contributed by atoms with E-state index in [1.165, 1.54) is 0 Å². The van der Waals surface area contributed by atoms with E-state index in [-0.39, 0.29) is 18.4 Å². The van der Waals surface area contributed by atoms with Crippen LogP contribution in [0.4, 0.5) is 5.69 Å². The van der Waals surface area contributed by atoms with Crippen molar-refractivity contribution in [2.75, 3.05) is 7.11 Å². The Balaban J connectivity index is 0.00000144. The van der Waals surface area contributed by atoms with Crippen molar-refractivity contribution in [3.05, 3.63) is 24.3 Å². The number of nitrogens with one attached hydrogen (secondary N) is 1. The Bertz CT molecular complexity index is 297. The fourth-order valence-electron chi connectivity index (χ4n) is 0.867. The summed E-state index contributed by atoms with van der Waals surface area (Å²) in [6.07, 6.45) is 0. The number of ether oxygens (including phenoxy) is 1. The van der Waals surface area contributed by atoms with Crippen LogP contribution in [-0.4, -0.2) is 13.1 Å². The second-order valence-electron chi connectivity index (χ2n) is 2.31. The number of hydrogen-bond acceptors (Lipinski definition) is 1. The van der Waals surface area contributed by atoms with Crippen molar-refractivity contribution in [2.24, 2.45) is 11.5 Å². The van der Waals surface area contributed by atoms with Gasteiger partial charge in [0.1, 0.15) is 11.4 Å². The monoisotopic (exact) mass is 201 g/mol. The van der Waals surface area contributed by atoms with Crippen molar-refractivity contribution >= 4 is 11.6 Å². The highest BCUT2D eigenvalue weighted by Gasteiger charge is 1.94. The minimum Gasteiger partial charge on any atom is -1.00 e. The van der Waals surface area contributed by atoms with E-state index in [0.717, 1.165) is 11.4 Å². The van der Waals surface area contributed by atoms with E-state index < -0.39 is 0 Å². The van der Waals surface area contributed by atoms with Crippen molar-refractivity contribution in [3.63, 3.8) is 0 Å². The van der Waals surface area contributed by atoms with Crippen molar-refractivity contribution in [2.45, 2.75) is 0 Å². The Morgan fingerprint density at radius 2 is 2.08 bits per heavy atom. The number of methoxy groups -OCH3 is 1. The number of benzene rings is 1. The molecule has 0 amide bonds. The van der Waals surface area contributed by atoms with Gasteiger partial charge < -0.3 is 17.1 Å². The molecule has 0 fully saturated rings. The Hall–Kier alpha value is -1.42. The van der Waals surface area contributed by atoms with Crippen molar-refractivity contribution in [1.29, 1.82) is 0 Å². The molecule has 0 unspecified atom stereocenters. The van der Waals surface area contributed by atoms with Crippen LogP contribution >= 0.6 is 0 Å². The van der Waals surface area contributed by atoms with E-state index in [4.69, 9.17) is 16.2 Å². The van der Waals surface area contributed by atoms with E-state index in [0.29, 0.717) is 0 Å². The van der Waals surface area contributed by atoms with Gasteiger partial charge in [-0.05, 0) is 12.1 Å². The van der Waals surface area contributed by atoms with Gasteiger partial charge in [0.15, 0.2) is 0 Å². The number of hydrogen-bond donors (Lipinski definition) is 3. The first-order chi connectivity index (χ1) is 5.72. The number of nitrogens with two attached hydrogens (primary N) is 2. The van der Waals surface area contributed by atoms with E-state index in [1.807, 2.05) is 18.2 Å². The predicted octanol–water partition coefficient (Wildman–Crippen LogP) is -4.32. The molecule has 1 aromatic carbocycles. The van der Waals surface area contributed by atoms with Crippen LogP contribution in [0, 0.1) is 0 Å². The molecule has 0 heterocycles. The second-order valence-corrected chi connectivity index (χ2v) is 2.31. The normalized spacial score (nSPS) is 8.38. The molecule has 0 saturated heterocycles. The molecule has 5 N–H and O–H groups in total. The Labute approximate surface area is 83.0 Å². The summed E-state index contributed by atoms with van der Waals surface area (Å²) in [7, 11) is 1.61. The zero-order valence-corrected chi connectivity index (χ0v) is 8.01. The molecule has 13 heavy (non-hydrogen) atoms. The largest absolute Gasteiger partial charge is 1.00 e. The molecular weight excluding hydrogens is 190 g/mol. The lowest BCUT2D eigenvalue weighted by atomic mass is 10.3. The van der Waals surface area contributed by atoms with E-state index >= 15 is 0 Å². The molecule has 0 spiro atoms. The van der Waals surface area contributed by atoms with Crippen LogP contribution in [0.25, 0.3) is 0 Å². The van der Waals surface area contributed by atoms with E-state index in [9.17, 15) is 0 Å². The first-order valence-electron chi connectivity index (χ1n) is 3.51. The third-order valence-electron chi connectivity index (χ3n) is 1.36. The molecule has 72 valence electrons. The number of rotatable bonds is 2. The summed E-state index contributed by atoms with van der Waals surface area (Å²) < 4.78 is 5.01. The molecule has 0 aliphatic heterocycles. The topological polar surface area (TPSA) is 75.2 Å². The highest BCUT2D eigenvalue weighted by molar-refractivity contribution is 5.70. The van der Waals surface area contributed by atoms with E-state index in [1.54, 1.807) is 13.2 Å². The molecule has 0 radical (unpaired) electrons. The SMILES string of the molecule is COc1cccc([NH+]=C(N)N)c1.[Cl-]. The lowest BCUT2D eigenvalue weighted by molar-refractivity contribution is -0.356. The van der Waals surface area contributed by atoms with Crippen LogP contribution in [0.5, 0.6) is 5.75 Å². The Morgan fingerprint density at radius 1 is 1.38 bits per heavy atom. The molecular formula is C8H12ClN3O. The molecule has 1 rings (SSSR count). The van der Waals surface area contributed by atoms with Crippen LogP contribution in [0.2, 0.25) is 0 Å². The first-order valence-corrected chi connectivity index (χ1v) is 3.51. The zero-order chi connectivity index (χ0) is 8.97. The summed E-state index contributed by atoms with van der Waals surface area (Å²) in [4.78, 5) is 2.77. The minimum atomic E-state index is 0. The van der Waals surface area contributed by atoms with Crippen molar-refractivity contribution in [3.8, 4) is 5.75 Å². The third kappa shape index (κ3) is 3.66. The standard InChI is InChI=1S/C8H11N3O.ClH/c1-12-7-4-2-3-6(5-7)11-8(9)10;/h2-5H,1H3,(H4,9,10,11);1H. The summed E-state index contributed by atoms with van der Waals surface area (Å²) in [5.41, 5.74) is 11.3. The van der Waals surface area contributed by atoms with Gasteiger partial charge in [0, 0.05) is 6.07 Å². The smallest absolute Gasteiger partial charge is 0.343 e. The van der Waals surface area contributed by atoms with E-state index in [2.05, 4.69) is 4.99 Å². The average Bonchev–Trinajstić information content (AvgIpc) is 2.03. The van der Waals surface area contributed by atoms with Gasteiger partial charge >= 0.3 is 5.96 Å². The van der Waals surface area contributed by atoms with Gasteiger partial charge in [0.2, 0.25) is 0 Å². The summed E-state index contributed by atoms with van der Waals surface area (Å²) in [6.45, 7) is 0. The molecule has 0 aliphatic carbocycles. The average molecular weight is 202 g/mol. The van der Waals surface area contributed by atoms with Crippen LogP contribution < -0.4 is 33.6 Å². The molecule has 0 aliphatic rings.